The predicted molar refractivity (Wildman–Crippen MR) is 104 cm³/mol. The summed E-state index contributed by atoms with van der Waals surface area (Å²) in [5, 5.41) is 3.15. The van der Waals surface area contributed by atoms with Crippen molar-refractivity contribution in [3.05, 3.63) is 30.3 Å². The van der Waals surface area contributed by atoms with Gasteiger partial charge in [-0.05, 0) is 38.1 Å². The van der Waals surface area contributed by atoms with Crippen LogP contribution in [0.15, 0.2) is 30.3 Å². The van der Waals surface area contributed by atoms with Gasteiger partial charge in [0.25, 0.3) is 0 Å². The molecule has 3 rings (SSSR count). The van der Waals surface area contributed by atoms with Crippen LogP contribution in [0.25, 0.3) is 0 Å². The van der Waals surface area contributed by atoms with E-state index in [-0.39, 0.29) is 24.4 Å². The summed E-state index contributed by atoms with van der Waals surface area (Å²) in [5.41, 5.74) is 0. The van der Waals surface area contributed by atoms with Crippen molar-refractivity contribution in [1.29, 1.82) is 0 Å². The molecule has 2 aliphatic heterocycles. The van der Waals surface area contributed by atoms with Crippen molar-refractivity contribution in [2.75, 3.05) is 32.4 Å². The number of likely N-dealkylation sites (tertiary alicyclic amines) is 1. The molecule has 0 atom stereocenters. The molecule has 0 aromatic heterocycles. The van der Waals surface area contributed by atoms with Crippen LogP contribution in [-0.2, 0) is 14.6 Å². The van der Waals surface area contributed by atoms with Crippen molar-refractivity contribution in [2.24, 2.45) is 0 Å². The van der Waals surface area contributed by atoms with Gasteiger partial charge < -0.3 is 15.0 Å². The third kappa shape index (κ3) is 4.32. The van der Waals surface area contributed by atoms with Gasteiger partial charge in [-0.2, -0.15) is 0 Å². The van der Waals surface area contributed by atoms with E-state index >= 15 is 0 Å². The van der Waals surface area contributed by atoms with E-state index in [0.29, 0.717) is 39.0 Å². The average Bonchev–Trinajstić information content (AvgIpc) is 2.62. The number of carbonyl (C=O) groups excluding carboxylic acids is 1. The lowest BCUT2D eigenvalue weighted by molar-refractivity contribution is -0.136. The number of amides is 1. The van der Waals surface area contributed by atoms with Crippen molar-refractivity contribution in [2.45, 2.75) is 36.5 Å². The van der Waals surface area contributed by atoms with Crippen molar-refractivity contribution in [3.63, 3.8) is 0 Å². The minimum Gasteiger partial charge on any atom is -0.490 e. The van der Waals surface area contributed by atoms with Crippen LogP contribution in [0.2, 0.25) is 0 Å². The first-order chi connectivity index (χ1) is 11.9. The summed E-state index contributed by atoms with van der Waals surface area (Å²) in [6, 6.07) is 9.65. The SMILES string of the molecule is CS(=O)(=O)C1(C(=O)N2CCC(Oc3ccccc3)CC2)CCNCC1.Cl. The van der Waals surface area contributed by atoms with Crippen molar-refractivity contribution in [3.8, 4) is 5.75 Å². The van der Waals surface area contributed by atoms with Crippen molar-refractivity contribution >= 4 is 28.2 Å². The van der Waals surface area contributed by atoms with E-state index in [0.717, 1.165) is 18.6 Å². The number of nitrogens with one attached hydrogen (secondary N) is 1. The molecule has 0 radical (unpaired) electrons. The number of carbonyl (C=O) groups is 1. The number of piperidine rings is 2. The molecule has 6 nitrogen and oxygen atoms in total. The summed E-state index contributed by atoms with van der Waals surface area (Å²) >= 11 is 0. The Morgan fingerprint density at radius 2 is 1.73 bits per heavy atom. The van der Waals surface area contributed by atoms with Gasteiger partial charge in [-0.3, -0.25) is 4.79 Å². The highest BCUT2D eigenvalue weighted by atomic mass is 35.5. The van der Waals surface area contributed by atoms with Gasteiger partial charge in [-0.15, -0.1) is 12.4 Å². The van der Waals surface area contributed by atoms with E-state index in [2.05, 4.69) is 5.32 Å². The number of rotatable bonds is 4. The Labute approximate surface area is 161 Å². The molecule has 1 amide bonds. The van der Waals surface area contributed by atoms with Gasteiger partial charge in [0, 0.05) is 32.2 Å². The summed E-state index contributed by atoms with van der Waals surface area (Å²) in [6.45, 7) is 2.21. The highest BCUT2D eigenvalue weighted by Crippen LogP contribution is 2.31. The largest absolute Gasteiger partial charge is 0.490 e. The van der Waals surface area contributed by atoms with Crippen LogP contribution in [-0.4, -0.2) is 62.5 Å². The van der Waals surface area contributed by atoms with Crippen LogP contribution in [0.3, 0.4) is 0 Å². The smallest absolute Gasteiger partial charge is 0.244 e. The normalized spacial score (nSPS) is 20.9. The maximum atomic E-state index is 13.1. The summed E-state index contributed by atoms with van der Waals surface area (Å²) in [7, 11) is -3.46. The van der Waals surface area contributed by atoms with E-state index in [1.807, 2.05) is 30.3 Å². The molecular weight excluding hydrogens is 376 g/mol. The second-order valence-electron chi connectivity index (χ2n) is 6.94. The standard InChI is InChI=1S/C18H26N2O4S.ClH/c1-25(22,23)18(9-11-19-12-10-18)17(21)20-13-7-16(8-14-20)24-15-5-3-2-4-6-15;/h2-6,16,19H,7-14H2,1H3;1H. The molecule has 2 saturated heterocycles. The van der Waals surface area contributed by atoms with E-state index in [4.69, 9.17) is 4.74 Å². The molecule has 0 saturated carbocycles. The highest BCUT2D eigenvalue weighted by Gasteiger charge is 2.50. The van der Waals surface area contributed by atoms with Crippen LogP contribution < -0.4 is 10.1 Å². The van der Waals surface area contributed by atoms with Gasteiger partial charge in [-0.1, -0.05) is 18.2 Å². The quantitative estimate of drug-likeness (QED) is 0.828. The molecule has 1 aromatic rings. The number of nitrogens with zero attached hydrogens (tertiary/aromatic N) is 1. The van der Waals surface area contributed by atoms with Crippen LogP contribution in [0.5, 0.6) is 5.75 Å². The van der Waals surface area contributed by atoms with E-state index in [1.165, 1.54) is 6.26 Å². The number of halogens is 1. The Kier molecular flexibility index (Phi) is 6.93. The molecule has 0 unspecified atom stereocenters. The molecular formula is C18H27ClN2O4S. The number of hydrogen-bond acceptors (Lipinski definition) is 5. The number of para-hydroxylation sites is 1. The Hall–Kier alpha value is -1.31. The zero-order valence-electron chi connectivity index (χ0n) is 15.0. The van der Waals surface area contributed by atoms with Crippen LogP contribution in [0.4, 0.5) is 0 Å². The van der Waals surface area contributed by atoms with Crippen molar-refractivity contribution in [1.82, 2.24) is 10.2 Å². The lowest BCUT2D eigenvalue weighted by Gasteiger charge is -2.41. The minimum absolute atomic E-state index is 0. The molecule has 0 bridgehead atoms. The van der Waals surface area contributed by atoms with E-state index in [9.17, 15) is 13.2 Å². The van der Waals surface area contributed by atoms with Crippen molar-refractivity contribution < 1.29 is 17.9 Å². The van der Waals surface area contributed by atoms with Gasteiger partial charge >= 0.3 is 0 Å². The first-order valence-corrected chi connectivity index (χ1v) is 10.7. The average molecular weight is 403 g/mol. The maximum Gasteiger partial charge on any atom is 0.244 e. The first kappa shape index (κ1) is 21.0. The zero-order valence-corrected chi connectivity index (χ0v) is 16.7. The summed E-state index contributed by atoms with van der Waals surface area (Å²) in [4.78, 5) is 14.8. The highest BCUT2D eigenvalue weighted by molar-refractivity contribution is 7.92. The topological polar surface area (TPSA) is 75.7 Å². The van der Waals surface area contributed by atoms with Gasteiger partial charge in [-0.25, -0.2) is 8.42 Å². The van der Waals surface area contributed by atoms with Gasteiger partial charge in [0.1, 0.15) is 11.9 Å². The molecule has 0 spiro atoms. The molecule has 0 aliphatic carbocycles. The first-order valence-electron chi connectivity index (χ1n) is 8.84. The fourth-order valence-electron chi connectivity index (χ4n) is 3.73. The maximum absolute atomic E-state index is 13.1. The van der Waals surface area contributed by atoms with E-state index in [1.54, 1.807) is 4.90 Å². The van der Waals surface area contributed by atoms with Gasteiger partial charge in [0.05, 0.1) is 0 Å². The summed E-state index contributed by atoms with van der Waals surface area (Å²) in [6.07, 6.45) is 3.41. The molecule has 2 fully saturated rings. The van der Waals surface area contributed by atoms with Gasteiger partial charge in [0.2, 0.25) is 5.91 Å². The zero-order chi connectivity index (χ0) is 17.9. The molecule has 146 valence electrons. The van der Waals surface area contributed by atoms with Crippen LogP contribution >= 0.6 is 12.4 Å². The molecule has 26 heavy (non-hydrogen) atoms. The van der Waals surface area contributed by atoms with Crippen LogP contribution in [0.1, 0.15) is 25.7 Å². The fraction of sp³-hybridized carbons (Fsp3) is 0.611. The predicted octanol–water partition coefficient (Wildman–Crippen LogP) is 1.64. The Morgan fingerprint density at radius 3 is 2.27 bits per heavy atom. The van der Waals surface area contributed by atoms with Gasteiger partial charge in [0.15, 0.2) is 14.6 Å². The second kappa shape index (κ2) is 8.59. The molecule has 1 aromatic carbocycles. The second-order valence-corrected chi connectivity index (χ2v) is 9.26. The summed E-state index contributed by atoms with van der Waals surface area (Å²) in [5.74, 6) is 0.605. The van der Waals surface area contributed by atoms with E-state index < -0.39 is 14.6 Å². The summed E-state index contributed by atoms with van der Waals surface area (Å²) < 4.78 is 29.5. The molecule has 8 heteroatoms. The number of ether oxygens (including phenoxy) is 1. The lowest BCUT2D eigenvalue weighted by atomic mass is 9.94. The Balaban J connectivity index is 0.00000243. The third-order valence-corrected chi connectivity index (χ3v) is 7.29. The minimum atomic E-state index is -3.46. The Morgan fingerprint density at radius 1 is 1.15 bits per heavy atom. The van der Waals surface area contributed by atoms with Crippen LogP contribution in [0, 0.1) is 0 Å². The monoisotopic (exact) mass is 402 g/mol. The Bertz CT molecular complexity index is 697. The number of benzene rings is 1. The number of sulfone groups is 1. The molecule has 1 N–H and O–H groups in total. The number of hydrogen-bond donors (Lipinski definition) is 1. The molecule has 2 heterocycles. The third-order valence-electron chi connectivity index (χ3n) is 5.29. The lowest BCUT2D eigenvalue weighted by Crippen LogP contribution is -2.59. The molecule has 2 aliphatic rings. The fourth-order valence-corrected chi connectivity index (χ4v) is 5.12.